The normalized spacial score (nSPS) is 10.3. The largest absolute Gasteiger partial charge is 0.478 e. The number of aryl methyl sites for hydroxylation is 1. The molecule has 2 aromatic rings. The lowest BCUT2D eigenvalue weighted by molar-refractivity contribution is 0.0698. The Morgan fingerprint density at radius 1 is 1.56 bits per heavy atom. The topological polar surface area (TPSA) is 106 Å². The molecular weight excluding hydrogens is 234 g/mol. The molecule has 0 atom stereocenters. The number of carbonyl (C=O) groups is 1. The smallest absolute Gasteiger partial charge is 0.337 e. The first-order valence-electron chi connectivity index (χ1n) is 5.27. The highest BCUT2D eigenvalue weighted by Crippen LogP contribution is 2.19. The Morgan fingerprint density at radius 2 is 2.33 bits per heavy atom. The number of nitrogens with two attached hydrogens (primary N) is 1. The van der Waals surface area contributed by atoms with Gasteiger partial charge in [0.1, 0.15) is 6.33 Å². The summed E-state index contributed by atoms with van der Waals surface area (Å²) in [5.41, 5.74) is 6.61. The Kier molecular flexibility index (Phi) is 3.13. The fraction of sp³-hybridized carbons (Fsp3) is 0.182. The number of hydrogen-bond donors (Lipinski definition) is 3. The minimum absolute atomic E-state index is 0.136. The van der Waals surface area contributed by atoms with E-state index in [9.17, 15) is 4.79 Å². The molecule has 2 rings (SSSR count). The van der Waals surface area contributed by atoms with Crippen molar-refractivity contribution in [3.63, 3.8) is 0 Å². The molecule has 0 unspecified atom stereocenters. The molecule has 1 heterocycles. The van der Waals surface area contributed by atoms with E-state index in [0.717, 1.165) is 0 Å². The van der Waals surface area contributed by atoms with E-state index in [1.165, 1.54) is 6.07 Å². The first kappa shape index (κ1) is 11.9. The molecule has 0 saturated heterocycles. The Balaban J connectivity index is 2.19. The molecule has 0 spiro atoms. The lowest BCUT2D eigenvalue weighted by Crippen LogP contribution is -2.09. The van der Waals surface area contributed by atoms with Crippen molar-refractivity contribution in [3.8, 4) is 0 Å². The third-order valence-electron chi connectivity index (χ3n) is 2.52. The van der Waals surface area contributed by atoms with Crippen LogP contribution >= 0.6 is 0 Å². The average molecular weight is 247 g/mol. The molecule has 18 heavy (non-hydrogen) atoms. The third-order valence-corrected chi connectivity index (χ3v) is 2.52. The van der Waals surface area contributed by atoms with Crippen molar-refractivity contribution in [1.82, 2.24) is 14.8 Å². The van der Waals surface area contributed by atoms with Crippen molar-refractivity contribution in [2.24, 2.45) is 7.05 Å². The lowest BCUT2D eigenvalue weighted by Gasteiger charge is -2.09. The van der Waals surface area contributed by atoms with Gasteiger partial charge in [0, 0.05) is 18.4 Å². The van der Waals surface area contributed by atoms with Crippen LogP contribution in [0, 0.1) is 0 Å². The van der Waals surface area contributed by atoms with Crippen LogP contribution < -0.4 is 11.1 Å². The number of nitrogens with zero attached hydrogens (tertiary/aromatic N) is 3. The molecule has 4 N–H and O–H groups in total. The van der Waals surface area contributed by atoms with Crippen molar-refractivity contribution in [3.05, 3.63) is 35.9 Å². The average Bonchev–Trinajstić information content (AvgIpc) is 2.73. The summed E-state index contributed by atoms with van der Waals surface area (Å²) in [6.45, 7) is 0.390. The monoisotopic (exact) mass is 247 g/mol. The maximum atomic E-state index is 11.1. The van der Waals surface area contributed by atoms with Crippen LogP contribution in [0.3, 0.4) is 0 Å². The predicted molar refractivity (Wildman–Crippen MR) is 66.1 cm³/mol. The van der Waals surface area contributed by atoms with Gasteiger partial charge < -0.3 is 20.7 Å². The molecule has 0 radical (unpaired) electrons. The second-order valence-electron chi connectivity index (χ2n) is 3.82. The Labute approximate surface area is 103 Å². The first-order valence-corrected chi connectivity index (χ1v) is 5.27. The third kappa shape index (κ3) is 2.40. The number of nitrogens with one attached hydrogen (secondary N) is 1. The van der Waals surface area contributed by atoms with Crippen LogP contribution in [0.15, 0.2) is 24.5 Å². The number of carboxylic acid groups (broad SMARTS) is 1. The van der Waals surface area contributed by atoms with E-state index in [2.05, 4.69) is 15.5 Å². The summed E-state index contributed by atoms with van der Waals surface area (Å²) in [4.78, 5) is 11.1. The summed E-state index contributed by atoms with van der Waals surface area (Å²) in [6.07, 6.45) is 1.58. The number of aromatic nitrogens is 3. The molecule has 7 heteroatoms. The summed E-state index contributed by atoms with van der Waals surface area (Å²) in [6, 6.07) is 4.70. The highest BCUT2D eigenvalue weighted by molar-refractivity contribution is 5.95. The fourth-order valence-corrected chi connectivity index (χ4v) is 1.53. The molecule has 1 aromatic carbocycles. The number of carboxylic acids is 1. The Bertz CT molecular complexity index is 579. The predicted octanol–water partition coefficient (Wildman–Crippen LogP) is 0.708. The Hall–Kier alpha value is -2.57. The standard InChI is InChI=1S/C11H13N5O2/c1-16-6-14-15-10(16)5-13-9-3-2-7(12)4-8(9)11(17)18/h2-4,6,13H,5,12H2,1H3,(H,17,18). The molecule has 0 aliphatic carbocycles. The van der Waals surface area contributed by atoms with Gasteiger partial charge in [-0.05, 0) is 18.2 Å². The highest BCUT2D eigenvalue weighted by atomic mass is 16.4. The van der Waals surface area contributed by atoms with Gasteiger partial charge in [-0.1, -0.05) is 0 Å². The van der Waals surface area contributed by atoms with E-state index in [-0.39, 0.29) is 5.56 Å². The van der Waals surface area contributed by atoms with E-state index < -0.39 is 5.97 Å². The van der Waals surface area contributed by atoms with Gasteiger partial charge in [0.25, 0.3) is 0 Å². The highest BCUT2D eigenvalue weighted by Gasteiger charge is 2.11. The van der Waals surface area contributed by atoms with E-state index in [4.69, 9.17) is 10.8 Å². The van der Waals surface area contributed by atoms with Crippen LogP contribution in [-0.4, -0.2) is 25.8 Å². The molecule has 0 saturated carbocycles. The first-order chi connectivity index (χ1) is 8.58. The number of hydrogen-bond acceptors (Lipinski definition) is 5. The van der Waals surface area contributed by atoms with Gasteiger partial charge in [-0.25, -0.2) is 4.79 Å². The molecule has 94 valence electrons. The number of rotatable bonds is 4. The fourth-order valence-electron chi connectivity index (χ4n) is 1.53. The Morgan fingerprint density at radius 3 is 2.94 bits per heavy atom. The van der Waals surface area contributed by atoms with E-state index in [1.807, 2.05) is 7.05 Å². The number of anilines is 2. The van der Waals surface area contributed by atoms with Crippen LogP contribution in [0.4, 0.5) is 11.4 Å². The number of aromatic carboxylic acids is 1. The van der Waals surface area contributed by atoms with E-state index in [0.29, 0.717) is 23.7 Å². The van der Waals surface area contributed by atoms with Crippen molar-refractivity contribution in [1.29, 1.82) is 0 Å². The van der Waals surface area contributed by atoms with E-state index >= 15 is 0 Å². The SMILES string of the molecule is Cn1cnnc1CNc1ccc(N)cc1C(=O)O. The maximum absolute atomic E-state index is 11.1. The molecule has 0 amide bonds. The summed E-state index contributed by atoms with van der Waals surface area (Å²) in [5, 5.41) is 19.7. The molecule has 0 aliphatic rings. The van der Waals surface area contributed by atoms with Crippen molar-refractivity contribution in [2.45, 2.75) is 6.54 Å². The minimum atomic E-state index is -1.03. The zero-order valence-corrected chi connectivity index (χ0v) is 9.79. The quantitative estimate of drug-likeness (QED) is 0.687. The van der Waals surface area contributed by atoms with Gasteiger partial charge in [0.05, 0.1) is 12.1 Å². The number of nitrogen functional groups attached to an aromatic ring is 1. The van der Waals surface area contributed by atoms with Gasteiger partial charge >= 0.3 is 5.97 Å². The molecule has 7 nitrogen and oxygen atoms in total. The summed E-state index contributed by atoms with van der Waals surface area (Å²) < 4.78 is 1.75. The molecular formula is C11H13N5O2. The summed E-state index contributed by atoms with van der Waals surface area (Å²) in [7, 11) is 1.82. The maximum Gasteiger partial charge on any atom is 0.337 e. The second kappa shape index (κ2) is 4.74. The summed E-state index contributed by atoms with van der Waals surface area (Å²) in [5.74, 6) is -0.314. The lowest BCUT2D eigenvalue weighted by atomic mass is 10.1. The zero-order valence-electron chi connectivity index (χ0n) is 9.79. The summed E-state index contributed by atoms with van der Waals surface area (Å²) >= 11 is 0. The van der Waals surface area contributed by atoms with E-state index in [1.54, 1.807) is 23.0 Å². The van der Waals surface area contributed by atoms with Crippen molar-refractivity contribution < 1.29 is 9.90 Å². The van der Waals surface area contributed by atoms with Crippen molar-refractivity contribution in [2.75, 3.05) is 11.1 Å². The molecule has 0 bridgehead atoms. The molecule has 1 aromatic heterocycles. The van der Waals surface area contributed by atoms with Crippen LogP contribution in [0.1, 0.15) is 16.2 Å². The van der Waals surface area contributed by atoms with Gasteiger partial charge in [-0.3, -0.25) is 0 Å². The van der Waals surface area contributed by atoms with Crippen molar-refractivity contribution >= 4 is 17.3 Å². The van der Waals surface area contributed by atoms with Crippen LogP contribution in [0.5, 0.6) is 0 Å². The van der Waals surface area contributed by atoms with Gasteiger partial charge in [0.2, 0.25) is 0 Å². The van der Waals surface area contributed by atoms with Crippen LogP contribution in [0.25, 0.3) is 0 Å². The van der Waals surface area contributed by atoms with Gasteiger partial charge in [-0.2, -0.15) is 0 Å². The van der Waals surface area contributed by atoms with Gasteiger partial charge in [-0.15, -0.1) is 10.2 Å². The minimum Gasteiger partial charge on any atom is -0.478 e. The molecule has 0 fully saturated rings. The molecule has 0 aliphatic heterocycles. The second-order valence-corrected chi connectivity index (χ2v) is 3.82. The van der Waals surface area contributed by atoms with Gasteiger partial charge in [0.15, 0.2) is 5.82 Å². The number of benzene rings is 1. The van der Waals surface area contributed by atoms with Crippen LogP contribution in [0.2, 0.25) is 0 Å². The van der Waals surface area contributed by atoms with Crippen LogP contribution in [-0.2, 0) is 13.6 Å². The zero-order chi connectivity index (χ0) is 13.1.